The van der Waals surface area contributed by atoms with Crippen LogP contribution in [-0.2, 0) is 0 Å². The second kappa shape index (κ2) is 1.58. The lowest BCUT2D eigenvalue weighted by Crippen LogP contribution is -2.46. The monoisotopic (exact) mass is 139 g/mol. The zero-order chi connectivity index (χ0) is 7.41. The Morgan fingerprint density at radius 2 is 1.70 bits per heavy atom. The van der Waals surface area contributed by atoms with Crippen molar-refractivity contribution in [3.8, 4) is 0 Å². The second-order valence-electron chi connectivity index (χ2n) is 4.62. The third-order valence-corrected chi connectivity index (χ3v) is 4.24. The minimum atomic E-state index is 0.160. The molecular formula is C9H17N. The molecule has 0 spiro atoms. The van der Waals surface area contributed by atoms with Gasteiger partial charge < -0.3 is 5.73 Å². The smallest absolute Gasteiger partial charge is 0.0208 e. The Balaban J connectivity index is 2.37. The quantitative estimate of drug-likeness (QED) is 0.545. The third kappa shape index (κ3) is 0.531. The maximum atomic E-state index is 6.26. The van der Waals surface area contributed by atoms with Crippen LogP contribution in [0.15, 0.2) is 0 Å². The number of hydrogen-bond acceptors (Lipinski definition) is 1. The highest BCUT2D eigenvalue weighted by atomic mass is 14.8. The highest BCUT2D eigenvalue weighted by Gasteiger charge is 2.56. The van der Waals surface area contributed by atoms with Crippen molar-refractivity contribution >= 4 is 0 Å². The van der Waals surface area contributed by atoms with E-state index in [4.69, 9.17) is 5.73 Å². The van der Waals surface area contributed by atoms with Crippen molar-refractivity contribution in [1.82, 2.24) is 0 Å². The van der Waals surface area contributed by atoms with Gasteiger partial charge in [0.05, 0.1) is 0 Å². The van der Waals surface area contributed by atoms with Crippen LogP contribution in [0.25, 0.3) is 0 Å². The maximum absolute atomic E-state index is 6.26. The summed E-state index contributed by atoms with van der Waals surface area (Å²) in [5, 5.41) is 0. The molecule has 1 unspecified atom stereocenters. The summed E-state index contributed by atoms with van der Waals surface area (Å²) in [5.74, 6) is 0.831. The molecule has 0 radical (unpaired) electrons. The van der Waals surface area contributed by atoms with Gasteiger partial charge in [-0.1, -0.05) is 6.92 Å². The Labute approximate surface area is 63.0 Å². The molecular weight excluding hydrogens is 122 g/mol. The topological polar surface area (TPSA) is 26.0 Å². The average Bonchev–Trinajstić information content (AvgIpc) is 2.18. The highest BCUT2D eigenvalue weighted by molar-refractivity contribution is 5.11. The summed E-state index contributed by atoms with van der Waals surface area (Å²) in [6.45, 7) is 4.61. The Morgan fingerprint density at radius 3 is 1.80 bits per heavy atom. The van der Waals surface area contributed by atoms with Gasteiger partial charge in [0.1, 0.15) is 0 Å². The Hall–Kier alpha value is -0.0400. The van der Waals surface area contributed by atoms with Crippen LogP contribution >= 0.6 is 0 Å². The first-order valence-corrected chi connectivity index (χ1v) is 4.35. The van der Waals surface area contributed by atoms with Gasteiger partial charge in [-0.05, 0) is 43.9 Å². The summed E-state index contributed by atoms with van der Waals surface area (Å²) in [6.07, 6.45) is 5.49. The summed E-state index contributed by atoms with van der Waals surface area (Å²) in [4.78, 5) is 0. The molecule has 2 bridgehead atoms. The van der Waals surface area contributed by atoms with Crippen LogP contribution in [0.3, 0.4) is 0 Å². The predicted molar refractivity (Wildman–Crippen MR) is 42.7 cm³/mol. The van der Waals surface area contributed by atoms with E-state index < -0.39 is 0 Å². The predicted octanol–water partition coefficient (Wildman–Crippen LogP) is 1.91. The Morgan fingerprint density at radius 1 is 1.20 bits per heavy atom. The maximum Gasteiger partial charge on any atom is 0.0208 e. The number of nitrogens with two attached hydrogens (primary N) is 1. The summed E-state index contributed by atoms with van der Waals surface area (Å²) < 4.78 is 0. The van der Waals surface area contributed by atoms with Crippen molar-refractivity contribution in [2.45, 2.75) is 45.1 Å². The van der Waals surface area contributed by atoms with E-state index in [-0.39, 0.29) is 5.54 Å². The van der Waals surface area contributed by atoms with Gasteiger partial charge in [0, 0.05) is 5.54 Å². The lowest BCUT2D eigenvalue weighted by atomic mass is 9.77. The lowest BCUT2D eigenvalue weighted by Gasteiger charge is -2.33. The molecule has 0 saturated heterocycles. The molecule has 2 fully saturated rings. The molecule has 1 heteroatoms. The van der Waals surface area contributed by atoms with E-state index in [1.807, 2.05) is 0 Å². The van der Waals surface area contributed by atoms with E-state index in [9.17, 15) is 0 Å². The Kier molecular flexibility index (Phi) is 1.05. The number of fused-ring (bicyclic) bond motifs is 2. The molecule has 0 aromatic heterocycles. The first-order chi connectivity index (χ1) is 4.56. The number of hydrogen-bond donors (Lipinski definition) is 1. The van der Waals surface area contributed by atoms with Crippen LogP contribution in [0.5, 0.6) is 0 Å². The van der Waals surface area contributed by atoms with E-state index in [1.165, 1.54) is 25.7 Å². The van der Waals surface area contributed by atoms with Gasteiger partial charge in [0.2, 0.25) is 0 Å². The van der Waals surface area contributed by atoms with Gasteiger partial charge >= 0.3 is 0 Å². The van der Waals surface area contributed by atoms with Crippen LogP contribution in [-0.4, -0.2) is 5.54 Å². The van der Waals surface area contributed by atoms with Crippen LogP contribution in [0.1, 0.15) is 39.5 Å². The second-order valence-corrected chi connectivity index (χ2v) is 4.62. The summed E-state index contributed by atoms with van der Waals surface area (Å²) in [6, 6.07) is 0. The molecule has 0 heterocycles. The standard InChI is InChI=1S/C9H17N/c1-8-5-3-7(4-6-8)9(8,2)10/h7H,3-6,10H2,1-2H3. The van der Waals surface area contributed by atoms with Crippen molar-refractivity contribution in [3.63, 3.8) is 0 Å². The molecule has 10 heavy (non-hydrogen) atoms. The van der Waals surface area contributed by atoms with Gasteiger partial charge in [-0.2, -0.15) is 0 Å². The minimum absolute atomic E-state index is 0.160. The molecule has 58 valence electrons. The molecule has 0 aromatic rings. The van der Waals surface area contributed by atoms with E-state index >= 15 is 0 Å². The van der Waals surface area contributed by atoms with Crippen molar-refractivity contribution in [1.29, 1.82) is 0 Å². The SMILES string of the molecule is CC12CCC(CC1)C2(C)N. The largest absolute Gasteiger partial charge is 0.325 e. The molecule has 0 aromatic carbocycles. The molecule has 1 nitrogen and oxygen atoms in total. The first-order valence-electron chi connectivity index (χ1n) is 4.35. The fourth-order valence-corrected chi connectivity index (χ4v) is 2.89. The molecule has 0 amide bonds. The zero-order valence-corrected chi connectivity index (χ0v) is 6.98. The molecule has 2 rings (SSSR count). The van der Waals surface area contributed by atoms with Crippen molar-refractivity contribution in [3.05, 3.63) is 0 Å². The Bertz CT molecular complexity index is 149. The molecule has 0 aliphatic heterocycles. The van der Waals surface area contributed by atoms with Gasteiger partial charge in [-0.3, -0.25) is 0 Å². The van der Waals surface area contributed by atoms with Crippen molar-refractivity contribution in [2.75, 3.05) is 0 Å². The van der Waals surface area contributed by atoms with Crippen LogP contribution in [0, 0.1) is 11.3 Å². The summed E-state index contributed by atoms with van der Waals surface area (Å²) in [5.41, 5.74) is 6.91. The average molecular weight is 139 g/mol. The zero-order valence-electron chi connectivity index (χ0n) is 6.98. The van der Waals surface area contributed by atoms with Gasteiger partial charge in [-0.25, -0.2) is 0 Å². The van der Waals surface area contributed by atoms with Gasteiger partial charge in [-0.15, -0.1) is 0 Å². The highest BCUT2D eigenvalue weighted by Crippen LogP contribution is 2.58. The molecule has 2 N–H and O–H groups in total. The van der Waals surface area contributed by atoms with Crippen LogP contribution in [0.2, 0.25) is 0 Å². The summed E-state index contributed by atoms with van der Waals surface area (Å²) in [7, 11) is 0. The van der Waals surface area contributed by atoms with Crippen molar-refractivity contribution in [2.24, 2.45) is 17.1 Å². The number of rotatable bonds is 0. The van der Waals surface area contributed by atoms with Gasteiger partial charge in [0.25, 0.3) is 0 Å². The molecule has 2 aliphatic carbocycles. The molecule has 2 saturated carbocycles. The fraction of sp³-hybridized carbons (Fsp3) is 1.00. The molecule has 2 aliphatic rings. The van der Waals surface area contributed by atoms with Gasteiger partial charge in [0.15, 0.2) is 0 Å². The van der Waals surface area contributed by atoms with E-state index in [0.29, 0.717) is 5.41 Å². The van der Waals surface area contributed by atoms with E-state index in [2.05, 4.69) is 13.8 Å². The van der Waals surface area contributed by atoms with E-state index in [0.717, 1.165) is 5.92 Å². The van der Waals surface area contributed by atoms with Crippen LogP contribution in [0.4, 0.5) is 0 Å². The van der Waals surface area contributed by atoms with E-state index in [1.54, 1.807) is 0 Å². The normalized spacial score (nSPS) is 59.7. The summed E-state index contributed by atoms with van der Waals surface area (Å²) >= 11 is 0. The fourth-order valence-electron chi connectivity index (χ4n) is 2.89. The lowest BCUT2D eigenvalue weighted by molar-refractivity contribution is 0.225. The third-order valence-electron chi connectivity index (χ3n) is 4.24. The molecule has 1 atom stereocenters. The van der Waals surface area contributed by atoms with Crippen molar-refractivity contribution < 1.29 is 0 Å². The minimum Gasteiger partial charge on any atom is -0.325 e. The van der Waals surface area contributed by atoms with Crippen LogP contribution < -0.4 is 5.73 Å². The first kappa shape index (κ1) is 6.66.